The normalized spacial score (nSPS) is 15.1. The van der Waals surface area contributed by atoms with E-state index in [9.17, 15) is 0 Å². The van der Waals surface area contributed by atoms with E-state index < -0.39 is 0 Å². The first-order valence-electron chi connectivity index (χ1n) is 7.09. The van der Waals surface area contributed by atoms with Gasteiger partial charge in [0, 0.05) is 5.56 Å². The van der Waals surface area contributed by atoms with Crippen LogP contribution in [0.2, 0.25) is 0 Å². The number of hydrogen-bond donors (Lipinski definition) is 1. The molecule has 1 aromatic carbocycles. The van der Waals surface area contributed by atoms with E-state index in [2.05, 4.69) is 31.1 Å². The van der Waals surface area contributed by atoms with Gasteiger partial charge in [-0.15, -0.1) is 0 Å². The van der Waals surface area contributed by atoms with Gasteiger partial charge in [-0.2, -0.15) is 0 Å². The molecule has 1 aliphatic rings. The molecule has 0 bridgehead atoms. The van der Waals surface area contributed by atoms with Crippen molar-refractivity contribution < 1.29 is 9.26 Å². The van der Waals surface area contributed by atoms with Crippen LogP contribution in [0.1, 0.15) is 30.4 Å². The Morgan fingerprint density at radius 1 is 1.30 bits per heavy atom. The summed E-state index contributed by atoms with van der Waals surface area (Å²) < 4.78 is 11.1. The molecule has 0 saturated heterocycles. The third-order valence-electron chi connectivity index (χ3n) is 4.00. The number of hydrogen-bond acceptors (Lipinski definition) is 4. The van der Waals surface area contributed by atoms with E-state index >= 15 is 0 Å². The molecule has 3 rings (SSSR count). The zero-order chi connectivity index (χ0) is 14.1. The summed E-state index contributed by atoms with van der Waals surface area (Å²) in [5.41, 5.74) is 9.93. The monoisotopic (exact) mass is 272 g/mol. The number of ether oxygens (including phenoxy) is 1. The smallest absolute Gasteiger partial charge is 0.230 e. The molecule has 1 fully saturated rings. The molecule has 1 aromatic heterocycles. The summed E-state index contributed by atoms with van der Waals surface area (Å²) in [7, 11) is 0. The van der Waals surface area contributed by atoms with Gasteiger partial charge in [0.15, 0.2) is 0 Å². The summed E-state index contributed by atoms with van der Waals surface area (Å²) in [6.07, 6.45) is 5.53. The maximum Gasteiger partial charge on any atom is 0.230 e. The van der Waals surface area contributed by atoms with Crippen molar-refractivity contribution in [1.29, 1.82) is 0 Å². The number of nitrogen functional groups attached to an aromatic ring is 1. The number of nitrogens with two attached hydrogens (primary N) is 1. The second kappa shape index (κ2) is 5.19. The average Bonchev–Trinajstić information content (AvgIpc) is 2.75. The lowest BCUT2D eigenvalue weighted by Gasteiger charge is -2.26. The number of rotatable bonds is 4. The SMILES string of the molecule is Cc1cc(C)c(OCC2CCC2)c(-c2cnoc2N)c1. The molecule has 0 radical (unpaired) electrons. The van der Waals surface area contributed by atoms with Gasteiger partial charge in [0.2, 0.25) is 5.88 Å². The first-order valence-corrected chi connectivity index (χ1v) is 7.09. The van der Waals surface area contributed by atoms with Gasteiger partial charge in [0.25, 0.3) is 0 Å². The quantitative estimate of drug-likeness (QED) is 0.921. The fourth-order valence-corrected chi connectivity index (χ4v) is 2.66. The summed E-state index contributed by atoms with van der Waals surface area (Å²) in [4.78, 5) is 0. The highest BCUT2D eigenvalue weighted by atomic mass is 16.5. The third kappa shape index (κ3) is 2.38. The first-order chi connectivity index (χ1) is 9.65. The zero-order valence-electron chi connectivity index (χ0n) is 12.0. The Kier molecular flexibility index (Phi) is 3.38. The van der Waals surface area contributed by atoms with E-state index in [1.807, 2.05) is 0 Å². The molecular formula is C16H20N2O2. The van der Waals surface area contributed by atoms with Crippen LogP contribution < -0.4 is 10.5 Å². The highest BCUT2D eigenvalue weighted by molar-refractivity contribution is 5.78. The van der Waals surface area contributed by atoms with Crippen molar-refractivity contribution in [3.63, 3.8) is 0 Å². The van der Waals surface area contributed by atoms with Crippen LogP contribution in [-0.4, -0.2) is 11.8 Å². The van der Waals surface area contributed by atoms with Gasteiger partial charge in [-0.05, 0) is 49.8 Å². The Bertz CT molecular complexity index is 615. The predicted octanol–water partition coefficient (Wildman–Crippen LogP) is 3.72. The van der Waals surface area contributed by atoms with Gasteiger partial charge in [-0.25, -0.2) is 0 Å². The molecule has 1 saturated carbocycles. The number of aryl methyl sites for hydroxylation is 2. The summed E-state index contributed by atoms with van der Waals surface area (Å²) in [5, 5.41) is 3.77. The molecule has 106 valence electrons. The van der Waals surface area contributed by atoms with Crippen molar-refractivity contribution in [2.75, 3.05) is 12.3 Å². The third-order valence-corrected chi connectivity index (χ3v) is 4.00. The maximum atomic E-state index is 6.08. The van der Waals surface area contributed by atoms with Gasteiger partial charge >= 0.3 is 0 Å². The molecule has 1 aliphatic carbocycles. The fraction of sp³-hybridized carbons (Fsp3) is 0.438. The molecule has 2 aromatic rings. The molecule has 0 spiro atoms. The molecule has 0 atom stereocenters. The van der Waals surface area contributed by atoms with Crippen molar-refractivity contribution in [3.05, 3.63) is 29.5 Å². The molecule has 4 nitrogen and oxygen atoms in total. The van der Waals surface area contributed by atoms with Crippen LogP contribution in [0.25, 0.3) is 11.1 Å². The fourth-order valence-electron chi connectivity index (χ4n) is 2.66. The molecule has 1 heterocycles. The highest BCUT2D eigenvalue weighted by Crippen LogP contribution is 2.38. The standard InChI is InChI=1S/C16H20N2O2/c1-10-6-11(2)15(19-9-12-4-3-5-12)13(7-10)14-8-18-20-16(14)17/h6-8,12H,3-5,9,17H2,1-2H3. The Morgan fingerprint density at radius 2 is 2.10 bits per heavy atom. The van der Waals surface area contributed by atoms with E-state index in [1.165, 1.54) is 24.8 Å². The largest absolute Gasteiger partial charge is 0.492 e. The Labute approximate surface area is 118 Å². The minimum absolute atomic E-state index is 0.337. The van der Waals surface area contributed by atoms with E-state index in [1.54, 1.807) is 6.20 Å². The molecular weight excluding hydrogens is 252 g/mol. The van der Waals surface area contributed by atoms with Crippen molar-refractivity contribution in [2.45, 2.75) is 33.1 Å². The Balaban J connectivity index is 1.95. The van der Waals surface area contributed by atoms with Gasteiger partial charge in [-0.1, -0.05) is 17.6 Å². The summed E-state index contributed by atoms with van der Waals surface area (Å²) in [6, 6.07) is 4.20. The lowest BCUT2D eigenvalue weighted by atomic mass is 9.86. The van der Waals surface area contributed by atoms with Crippen LogP contribution in [-0.2, 0) is 0 Å². The van der Waals surface area contributed by atoms with Gasteiger partial charge < -0.3 is 15.0 Å². The Hall–Kier alpha value is -1.97. The second-order valence-corrected chi connectivity index (χ2v) is 5.67. The highest BCUT2D eigenvalue weighted by Gasteiger charge is 2.21. The minimum atomic E-state index is 0.337. The molecule has 0 unspecified atom stereocenters. The molecule has 20 heavy (non-hydrogen) atoms. The average molecular weight is 272 g/mol. The van der Waals surface area contributed by atoms with Crippen molar-refractivity contribution in [2.24, 2.45) is 5.92 Å². The topological polar surface area (TPSA) is 61.3 Å². The molecule has 2 N–H and O–H groups in total. The minimum Gasteiger partial charge on any atom is -0.492 e. The van der Waals surface area contributed by atoms with Crippen molar-refractivity contribution >= 4 is 5.88 Å². The number of anilines is 1. The van der Waals surface area contributed by atoms with E-state index in [0.29, 0.717) is 11.8 Å². The Morgan fingerprint density at radius 3 is 2.70 bits per heavy atom. The van der Waals surface area contributed by atoms with Crippen LogP contribution in [0.3, 0.4) is 0 Å². The van der Waals surface area contributed by atoms with Crippen LogP contribution in [0.15, 0.2) is 22.9 Å². The predicted molar refractivity (Wildman–Crippen MR) is 78.7 cm³/mol. The van der Waals surface area contributed by atoms with Crippen LogP contribution in [0.4, 0.5) is 5.88 Å². The lowest BCUT2D eigenvalue weighted by molar-refractivity contribution is 0.180. The van der Waals surface area contributed by atoms with E-state index in [0.717, 1.165) is 29.0 Å². The van der Waals surface area contributed by atoms with Crippen LogP contribution in [0, 0.1) is 19.8 Å². The number of benzene rings is 1. The van der Waals surface area contributed by atoms with Crippen molar-refractivity contribution in [1.82, 2.24) is 5.16 Å². The number of aromatic nitrogens is 1. The maximum absolute atomic E-state index is 6.08. The summed E-state index contributed by atoms with van der Waals surface area (Å²) in [6.45, 7) is 4.91. The molecule has 0 amide bonds. The lowest BCUT2D eigenvalue weighted by Crippen LogP contribution is -2.19. The first kappa shape index (κ1) is 13.0. The van der Waals surface area contributed by atoms with E-state index in [4.69, 9.17) is 15.0 Å². The molecule has 0 aliphatic heterocycles. The van der Waals surface area contributed by atoms with Gasteiger partial charge in [0.05, 0.1) is 18.4 Å². The zero-order valence-corrected chi connectivity index (χ0v) is 12.0. The summed E-state index contributed by atoms with van der Waals surface area (Å²) in [5.74, 6) is 1.93. The summed E-state index contributed by atoms with van der Waals surface area (Å²) >= 11 is 0. The van der Waals surface area contributed by atoms with Gasteiger partial charge in [0.1, 0.15) is 5.75 Å². The number of nitrogens with zero attached hydrogens (tertiary/aromatic N) is 1. The van der Waals surface area contributed by atoms with Crippen molar-refractivity contribution in [3.8, 4) is 16.9 Å². The van der Waals surface area contributed by atoms with Gasteiger partial charge in [-0.3, -0.25) is 0 Å². The molecule has 4 heteroatoms. The second-order valence-electron chi connectivity index (χ2n) is 5.67. The van der Waals surface area contributed by atoms with E-state index in [-0.39, 0.29) is 0 Å². The van der Waals surface area contributed by atoms with Crippen LogP contribution in [0.5, 0.6) is 5.75 Å². The van der Waals surface area contributed by atoms with Crippen LogP contribution >= 0.6 is 0 Å².